The van der Waals surface area contributed by atoms with Gasteiger partial charge in [0.05, 0.1) is 16.8 Å². The van der Waals surface area contributed by atoms with Crippen LogP contribution in [0.5, 0.6) is 0 Å². The van der Waals surface area contributed by atoms with Gasteiger partial charge in [0.25, 0.3) is 5.91 Å². The number of rotatable bonds is 3. The molecule has 0 spiro atoms. The summed E-state index contributed by atoms with van der Waals surface area (Å²) in [5.41, 5.74) is 6.76. The Hall–Kier alpha value is -2.17. The molecule has 4 nitrogen and oxygen atoms in total. The number of hydrazone groups is 1. The van der Waals surface area contributed by atoms with E-state index in [9.17, 15) is 9.18 Å². The number of halogens is 1. The van der Waals surface area contributed by atoms with E-state index in [-0.39, 0.29) is 11.3 Å². The van der Waals surface area contributed by atoms with Crippen molar-refractivity contribution in [1.82, 2.24) is 10.4 Å². The Morgan fingerprint density at radius 3 is 2.96 bits per heavy atom. The van der Waals surface area contributed by atoms with Crippen LogP contribution in [0.1, 0.15) is 61.1 Å². The first-order valence-electron chi connectivity index (χ1n) is 8.22. The number of amides is 1. The number of aromatic amines is 1. The summed E-state index contributed by atoms with van der Waals surface area (Å²) in [6.07, 6.45) is 5.20. The average molecular weight is 313 g/mol. The maximum atomic E-state index is 13.9. The molecule has 23 heavy (non-hydrogen) atoms. The lowest BCUT2D eigenvalue weighted by molar-refractivity contribution is 0.0956. The number of aromatic nitrogens is 1. The molecule has 0 fully saturated rings. The van der Waals surface area contributed by atoms with Gasteiger partial charge in [-0.1, -0.05) is 26.7 Å². The molecule has 2 heterocycles. The van der Waals surface area contributed by atoms with Gasteiger partial charge in [-0.15, -0.1) is 0 Å². The fourth-order valence-corrected chi connectivity index (χ4v) is 4.02. The van der Waals surface area contributed by atoms with E-state index in [2.05, 4.69) is 29.4 Å². The van der Waals surface area contributed by atoms with Crippen molar-refractivity contribution in [2.24, 2.45) is 10.5 Å². The quantitative estimate of drug-likeness (QED) is 0.887. The third-order valence-electron chi connectivity index (χ3n) is 5.10. The lowest BCUT2D eigenvalue weighted by atomic mass is 9.71. The van der Waals surface area contributed by atoms with Gasteiger partial charge in [-0.2, -0.15) is 5.10 Å². The summed E-state index contributed by atoms with van der Waals surface area (Å²) in [6, 6.07) is 2.77. The Labute approximate surface area is 134 Å². The monoisotopic (exact) mass is 313 g/mol. The third-order valence-corrected chi connectivity index (χ3v) is 5.10. The van der Waals surface area contributed by atoms with E-state index in [1.165, 1.54) is 18.6 Å². The van der Waals surface area contributed by atoms with Crippen LogP contribution in [0.4, 0.5) is 4.39 Å². The first-order chi connectivity index (χ1) is 11.0. The maximum absolute atomic E-state index is 13.9. The molecule has 1 aromatic carbocycles. The third kappa shape index (κ3) is 2.18. The molecule has 5 heteroatoms. The fourth-order valence-electron chi connectivity index (χ4n) is 4.02. The maximum Gasteiger partial charge on any atom is 0.272 e. The zero-order valence-corrected chi connectivity index (χ0v) is 13.4. The van der Waals surface area contributed by atoms with Crippen LogP contribution in [-0.2, 0) is 6.42 Å². The van der Waals surface area contributed by atoms with E-state index in [4.69, 9.17) is 0 Å². The molecular formula is C18H20FN3O. The lowest BCUT2D eigenvalue weighted by Gasteiger charge is -2.34. The molecule has 120 valence electrons. The molecule has 1 aromatic heterocycles. The smallest absolute Gasteiger partial charge is 0.272 e. The van der Waals surface area contributed by atoms with Gasteiger partial charge in [0.2, 0.25) is 0 Å². The van der Waals surface area contributed by atoms with E-state index in [1.807, 2.05) is 0 Å². The van der Waals surface area contributed by atoms with Crippen LogP contribution in [0.2, 0.25) is 0 Å². The standard InChI is InChI=1S/C18H20FN3O/c1-3-4-5-18(2)8-13-16-14(9-18)21-22-17(23)11-6-10(19)7-12(20-13)15(11)16/h6-7,20H,3-5,8-9H2,1-2H3,(H,22,23)/t18-/m1/s1. The highest BCUT2D eigenvalue weighted by Gasteiger charge is 2.37. The first kappa shape index (κ1) is 14.4. The van der Waals surface area contributed by atoms with Crippen molar-refractivity contribution in [3.63, 3.8) is 0 Å². The van der Waals surface area contributed by atoms with Gasteiger partial charge in [-0.3, -0.25) is 4.79 Å². The van der Waals surface area contributed by atoms with Gasteiger partial charge in [0.1, 0.15) is 5.82 Å². The van der Waals surface area contributed by atoms with Gasteiger partial charge in [-0.05, 0) is 36.8 Å². The summed E-state index contributed by atoms with van der Waals surface area (Å²) in [5, 5.41) is 5.17. The largest absolute Gasteiger partial charge is 0.358 e. The van der Waals surface area contributed by atoms with E-state index in [1.54, 1.807) is 0 Å². The van der Waals surface area contributed by atoms with Crippen molar-refractivity contribution < 1.29 is 9.18 Å². The van der Waals surface area contributed by atoms with Crippen LogP contribution in [0, 0.1) is 11.2 Å². The Balaban J connectivity index is 1.93. The molecule has 0 saturated carbocycles. The minimum atomic E-state index is -0.404. The molecule has 2 N–H and O–H groups in total. The number of nitrogens with zero attached hydrogens (tertiary/aromatic N) is 1. The summed E-state index contributed by atoms with van der Waals surface area (Å²) in [5.74, 6) is -0.744. The molecule has 0 bridgehead atoms. The van der Waals surface area contributed by atoms with Crippen molar-refractivity contribution in [2.45, 2.75) is 46.0 Å². The van der Waals surface area contributed by atoms with Gasteiger partial charge < -0.3 is 4.98 Å². The number of H-pyrrole nitrogens is 1. The van der Waals surface area contributed by atoms with Crippen LogP contribution < -0.4 is 5.43 Å². The summed E-state index contributed by atoms with van der Waals surface area (Å²) >= 11 is 0. The zero-order chi connectivity index (χ0) is 16.2. The lowest BCUT2D eigenvalue weighted by Crippen LogP contribution is -2.31. The van der Waals surface area contributed by atoms with E-state index in [0.717, 1.165) is 48.0 Å². The number of hydrogen-bond acceptors (Lipinski definition) is 2. The summed E-state index contributed by atoms with van der Waals surface area (Å²) in [4.78, 5) is 15.6. The second-order valence-corrected chi connectivity index (χ2v) is 7.12. The SMILES string of the molecule is CCCC[C@@]1(C)CC2=NNC(=O)c3cc(F)cc4[nH]c(c2c34)C1. The molecule has 1 aliphatic heterocycles. The van der Waals surface area contributed by atoms with Gasteiger partial charge in [-0.25, -0.2) is 9.82 Å². The second-order valence-electron chi connectivity index (χ2n) is 7.12. The number of hydrogen-bond donors (Lipinski definition) is 2. The van der Waals surface area contributed by atoms with Gasteiger partial charge >= 0.3 is 0 Å². The van der Waals surface area contributed by atoms with Crippen molar-refractivity contribution in [3.8, 4) is 0 Å². The van der Waals surface area contributed by atoms with Crippen LogP contribution in [0.15, 0.2) is 17.2 Å². The number of carbonyl (C=O) groups is 1. The highest BCUT2D eigenvalue weighted by atomic mass is 19.1. The van der Waals surface area contributed by atoms with Crippen molar-refractivity contribution >= 4 is 22.5 Å². The topological polar surface area (TPSA) is 57.2 Å². The second kappa shape index (κ2) is 4.91. The number of unbranched alkanes of at least 4 members (excludes halogenated alkanes) is 1. The van der Waals surface area contributed by atoms with Crippen LogP contribution in [-0.4, -0.2) is 16.6 Å². The summed E-state index contributed by atoms with van der Waals surface area (Å²) in [6.45, 7) is 4.47. The van der Waals surface area contributed by atoms with Crippen molar-refractivity contribution in [1.29, 1.82) is 0 Å². The van der Waals surface area contributed by atoms with Gasteiger partial charge in [0.15, 0.2) is 0 Å². The van der Waals surface area contributed by atoms with Crippen molar-refractivity contribution in [2.75, 3.05) is 0 Å². The molecule has 1 aliphatic carbocycles. The number of nitrogens with one attached hydrogen (secondary N) is 2. The minimum absolute atomic E-state index is 0.122. The summed E-state index contributed by atoms with van der Waals surface area (Å²) < 4.78 is 13.9. The Kier molecular flexibility index (Phi) is 3.08. The first-order valence-corrected chi connectivity index (χ1v) is 8.22. The normalized spacial score (nSPS) is 22.7. The molecule has 1 atom stereocenters. The van der Waals surface area contributed by atoms with Gasteiger partial charge in [0, 0.05) is 16.6 Å². The molecule has 0 saturated heterocycles. The molecule has 1 amide bonds. The molecule has 2 aliphatic rings. The molecule has 0 radical (unpaired) electrons. The van der Waals surface area contributed by atoms with Crippen LogP contribution >= 0.6 is 0 Å². The molecule has 0 unspecified atom stereocenters. The highest BCUT2D eigenvalue weighted by molar-refractivity contribution is 6.20. The van der Waals surface area contributed by atoms with E-state index >= 15 is 0 Å². The highest BCUT2D eigenvalue weighted by Crippen LogP contribution is 2.43. The zero-order valence-electron chi connectivity index (χ0n) is 13.4. The Bertz CT molecular complexity index is 852. The van der Waals surface area contributed by atoms with Crippen molar-refractivity contribution in [3.05, 3.63) is 34.8 Å². The van der Waals surface area contributed by atoms with E-state index in [0.29, 0.717) is 11.1 Å². The average Bonchev–Trinajstić information content (AvgIpc) is 2.79. The fraction of sp³-hybridized carbons (Fsp3) is 0.444. The predicted molar refractivity (Wildman–Crippen MR) is 88.2 cm³/mol. The number of benzene rings is 1. The molecule has 2 aromatic rings. The predicted octanol–water partition coefficient (Wildman–Crippen LogP) is 3.90. The molecular weight excluding hydrogens is 293 g/mol. The van der Waals surface area contributed by atoms with E-state index < -0.39 is 5.82 Å². The Morgan fingerprint density at radius 1 is 1.35 bits per heavy atom. The summed E-state index contributed by atoms with van der Waals surface area (Å²) in [7, 11) is 0. The Morgan fingerprint density at radius 2 is 2.17 bits per heavy atom. The van der Waals surface area contributed by atoms with Crippen LogP contribution in [0.3, 0.4) is 0 Å². The molecule has 4 rings (SSSR count). The van der Waals surface area contributed by atoms with Crippen LogP contribution in [0.25, 0.3) is 10.9 Å². The minimum Gasteiger partial charge on any atom is -0.358 e. The number of carbonyl (C=O) groups excluding carboxylic acids is 1.